The van der Waals surface area contributed by atoms with Crippen molar-refractivity contribution in [3.05, 3.63) is 119 Å². The second-order valence-corrected chi connectivity index (χ2v) is 8.74. The Bertz CT molecular complexity index is 1670. The Balaban J connectivity index is 1.52. The van der Waals surface area contributed by atoms with Crippen LogP contribution in [0.5, 0.6) is 0 Å². The number of nitriles is 1. The number of hydrogen-bond donors (Lipinski definition) is 0. The molecule has 2 aromatic heterocycles. The monoisotopic (exact) mass is 516 g/mol. The first kappa shape index (κ1) is 25.1. The fourth-order valence-electron chi connectivity index (χ4n) is 4.28. The van der Waals surface area contributed by atoms with Crippen molar-refractivity contribution >= 4 is 10.9 Å². The van der Waals surface area contributed by atoms with Crippen LogP contribution in [0, 0.1) is 17.1 Å². The number of alkyl halides is 3. The molecule has 1 unspecified atom stereocenters. The zero-order valence-corrected chi connectivity index (χ0v) is 20.1. The molecular formula is C29H20F4N4O. The maximum atomic E-state index is 14.1. The third-order valence-corrected chi connectivity index (χ3v) is 6.22. The predicted molar refractivity (Wildman–Crippen MR) is 133 cm³/mol. The van der Waals surface area contributed by atoms with Gasteiger partial charge in [-0.1, -0.05) is 36.4 Å². The van der Waals surface area contributed by atoms with Gasteiger partial charge in [-0.05, 0) is 47.5 Å². The van der Waals surface area contributed by atoms with Crippen LogP contribution in [0.15, 0.2) is 85.3 Å². The first-order valence-corrected chi connectivity index (χ1v) is 11.6. The minimum atomic E-state index is -4.78. The molecule has 0 saturated carbocycles. The van der Waals surface area contributed by atoms with Crippen molar-refractivity contribution < 1.29 is 22.3 Å². The van der Waals surface area contributed by atoms with Crippen LogP contribution in [0.25, 0.3) is 22.2 Å². The van der Waals surface area contributed by atoms with Gasteiger partial charge >= 0.3 is 6.18 Å². The van der Waals surface area contributed by atoms with E-state index < -0.39 is 23.7 Å². The second-order valence-electron chi connectivity index (χ2n) is 8.74. The van der Waals surface area contributed by atoms with Crippen molar-refractivity contribution in [3.63, 3.8) is 0 Å². The molecule has 0 radical (unpaired) electrons. The molecule has 38 heavy (non-hydrogen) atoms. The van der Waals surface area contributed by atoms with E-state index in [0.717, 1.165) is 17.0 Å². The Morgan fingerprint density at radius 1 is 1.03 bits per heavy atom. The highest BCUT2D eigenvalue weighted by Crippen LogP contribution is 2.34. The lowest BCUT2D eigenvalue weighted by atomic mass is 9.97. The zero-order valence-electron chi connectivity index (χ0n) is 20.1. The molecule has 0 spiro atoms. The van der Waals surface area contributed by atoms with Crippen molar-refractivity contribution in [1.82, 2.24) is 14.5 Å². The summed E-state index contributed by atoms with van der Waals surface area (Å²) in [4.78, 5) is 8.88. The summed E-state index contributed by atoms with van der Waals surface area (Å²) in [6, 6.07) is 21.6. The summed E-state index contributed by atoms with van der Waals surface area (Å²) < 4.78 is 60.9. The highest BCUT2D eigenvalue weighted by atomic mass is 19.4. The minimum absolute atomic E-state index is 0.158. The molecule has 0 bridgehead atoms. The lowest BCUT2D eigenvalue weighted by Crippen LogP contribution is -2.12. The molecule has 9 heteroatoms. The Morgan fingerprint density at radius 2 is 1.84 bits per heavy atom. The molecule has 1 atom stereocenters. The van der Waals surface area contributed by atoms with E-state index in [1.165, 1.54) is 6.07 Å². The Morgan fingerprint density at radius 3 is 2.55 bits per heavy atom. The number of nitrogens with zero attached hydrogens (tertiary/aromatic N) is 4. The number of aromatic nitrogens is 3. The average molecular weight is 516 g/mol. The maximum absolute atomic E-state index is 14.1. The lowest BCUT2D eigenvalue weighted by molar-refractivity contribution is -0.140. The van der Waals surface area contributed by atoms with Gasteiger partial charge in [0.15, 0.2) is 0 Å². The molecule has 0 aliphatic carbocycles. The summed E-state index contributed by atoms with van der Waals surface area (Å²) in [6.45, 7) is -0.158. The standard InChI is InChI=1S/C29H20F4N4O/c1-37-17-35-15-27(37)28(38-16-18-6-10-23(24(30)12-18)29(31,32)33)20-7-8-21(14-34)22(13-20)26-11-9-19-4-2-3-5-25(19)36-26/h2-13,15,17,28H,16H2,1H3. The van der Waals surface area contributed by atoms with Gasteiger partial charge in [-0.15, -0.1) is 0 Å². The molecule has 0 aliphatic heterocycles. The Hall–Kier alpha value is -4.55. The van der Waals surface area contributed by atoms with Crippen LogP contribution in [0.2, 0.25) is 0 Å². The lowest BCUT2D eigenvalue weighted by Gasteiger charge is -2.20. The third kappa shape index (κ3) is 4.99. The molecule has 0 N–H and O–H groups in total. The molecule has 0 amide bonds. The summed E-state index contributed by atoms with van der Waals surface area (Å²) in [6.07, 6.45) is -2.28. The molecule has 3 aromatic carbocycles. The number of ether oxygens (including phenoxy) is 1. The van der Waals surface area contributed by atoms with Crippen molar-refractivity contribution in [2.24, 2.45) is 7.05 Å². The summed E-state index contributed by atoms with van der Waals surface area (Å²) >= 11 is 0. The SMILES string of the molecule is Cn1cncc1C(OCc1ccc(C(F)(F)F)c(F)c1)c1ccc(C#N)c(-c2ccc3ccccc3n2)c1. The number of pyridine rings is 1. The first-order valence-electron chi connectivity index (χ1n) is 11.6. The highest BCUT2D eigenvalue weighted by molar-refractivity contribution is 5.82. The van der Waals surface area contributed by atoms with Gasteiger partial charge in [-0.25, -0.2) is 14.4 Å². The fourth-order valence-corrected chi connectivity index (χ4v) is 4.28. The normalized spacial score (nSPS) is 12.4. The smallest absolute Gasteiger partial charge is 0.363 e. The van der Waals surface area contributed by atoms with Gasteiger partial charge in [0.1, 0.15) is 11.9 Å². The van der Waals surface area contributed by atoms with E-state index in [1.54, 1.807) is 42.3 Å². The van der Waals surface area contributed by atoms with Crippen molar-refractivity contribution in [2.45, 2.75) is 18.9 Å². The van der Waals surface area contributed by atoms with Crippen LogP contribution in [-0.2, 0) is 24.6 Å². The summed E-state index contributed by atoms with van der Waals surface area (Å²) in [5.74, 6) is -1.36. The number of imidazole rings is 1. The van der Waals surface area contributed by atoms with E-state index in [1.807, 2.05) is 36.4 Å². The summed E-state index contributed by atoms with van der Waals surface area (Å²) in [5, 5.41) is 10.7. The summed E-state index contributed by atoms with van der Waals surface area (Å²) in [5.41, 5.74) is 2.66. The molecular weight excluding hydrogens is 496 g/mol. The van der Waals surface area contributed by atoms with Crippen LogP contribution in [0.3, 0.4) is 0 Å². The fraction of sp³-hybridized carbons (Fsp3) is 0.138. The van der Waals surface area contributed by atoms with E-state index in [2.05, 4.69) is 11.1 Å². The molecule has 190 valence electrons. The van der Waals surface area contributed by atoms with E-state index in [0.29, 0.717) is 34.1 Å². The maximum Gasteiger partial charge on any atom is 0.419 e. The third-order valence-electron chi connectivity index (χ3n) is 6.22. The molecule has 0 saturated heterocycles. The van der Waals surface area contributed by atoms with Gasteiger partial charge in [0.2, 0.25) is 0 Å². The van der Waals surface area contributed by atoms with Gasteiger partial charge in [0.25, 0.3) is 0 Å². The van der Waals surface area contributed by atoms with Crippen LogP contribution in [0.1, 0.15) is 34.1 Å². The minimum Gasteiger partial charge on any atom is -0.363 e. The molecule has 2 heterocycles. The van der Waals surface area contributed by atoms with Crippen molar-refractivity contribution in [1.29, 1.82) is 5.26 Å². The first-order chi connectivity index (χ1) is 18.2. The van der Waals surface area contributed by atoms with Crippen LogP contribution < -0.4 is 0 Å². The quantitative estimate of drug-likeness (QED) is 0.229. The average Bonchev–Trinajstić information content (AvgIpc) is 3.33. The van der Waals surface area contributed by atoms with Gasteiger partial charge in [-0.3, -0.25) is 0 Å². The number of halogens is 4. The highest BCUT2D eigenvalue weighted by Gasteiger charge is 2.34. The van der Waals surface area contributed by atoms with Crippen LogP contribution >= 0.6 is 0 Å². The molecule has 5 aromatic rings. The topological polar surface area (TPSA) is 63.7 Å². The van der Waals surface area contributed by atoms with Crippen molar-refractivity contribution in [2.75, 3.05) is 0 Å². The van der Waals surface area contributed by atoms with E-state index in [-0.39, 0.29) is 12.2 Å². The van der Waals surface area contributed by atoms with E-state index in [4.69, 9.17) is 9.72 Å². The molecule has 5 rings (SSSR count). The number of benzene rings is 3. The van der Waals surface area contributed by atoms with E-state index in [9.17, 15) is 22.8 Å². The van der Waals surface area contributed by atoms with Gasteiger partial charge < -0.3 is 9.30 Å². The Labute approximate surface area is 215 Å². The van der Waals surface area contributed by atoms with E-state index >= 15 is 0 Å². The summed E-state index contributed by atoms with van der Waals surface area (Å²) in [7, 11) is 1.78. The van der Waals surface area contributed by atoms with Gasteiger partial charge in [0, 0.05) is 18.0 Å². The molecule has 0 aliphatic rings. The molecule has 0 fully saturated rings. The Kier molecular flexibility index (Phi) is 6.66. The largest absolute Gasteiger partial charge is 0.419 e. The molecule has 5 nitrogen and oxygen atoms in total. The number of rotatable bonds is 6. The van der Waals surface area contributed by atoms with Crippen molar-refractivity contribution in [3.8, 4) is 17.3 Å². The zero-order chi connectivity index (χ0) is 26.9. The predicted octanol–water partition coefficient (Wildman–Crippen LogP) is 6.97. The number of aryl methyl sites for hydroxylation is 1. The van der Waals surface area contributed by atoms with Gasteiger partial charge in [-0.2, -0.15) is 18.4 Å². The van der Waals surface area contributed by atoms with Crippen LogP contribution in [-0.4, -0.2) is 14.5 Å². The van der Waals surface area contributed by atoms with Crippen LogP contribution in [0.4, 0.5) is 17.6 Å². The number of hydrogen-bond acceptors (Lipinski definition) is 4. The number of para-hydroxylation sites is 1. The second kappa shape index (κ2) is 10.1. The number of fused-ring (bicyclic) bond motifs is 1. The van der Waals surface area contributed by atoms with Gasteiger partial charge in [0.05, 0.1) is 53.2 Å².